The molecule has 196 valence electrons. The molecule has 3 aromatic carbocycles. The molecule has 0 spiro atoms. The number of hydrogen-bond acceptors (Lipinski definition) is 4. The van der Waals surface area contributed by atoms with Crippen molar-refractivity contribution < 1.29 is 18.0 Å². The lowest BCUT2D eigenvalue weighted by Crippen LogP contribution is -2.53. The second-order valence-electron chi connectivity index (χ2n) is 8.62. The van der Waals surface area contributed by atoms with Gasteiger partial charge in [-0.3, -0.25) is 13.9 Å². The molecule has 0 radical (unpaired) electrons. The second-order valence-corrected chi connectivity index (χ2v) is 11.4. The molecule has 0 fully saturated rings. The minimum Gasteiger partial charge on any atom is -0.357 e. The van der Waals surface area contributed by atoms with Crippen LogP contribution in [0.25, 0.3) is 0 Å². The maximum atomic E-state index is 13.9. The highest BCUT2D eigenvalue weighted by atomic mass is 35.5. The maximum absolute atomic E-state index is 13.9. The van der Waals surface area contributed by atoms with Crippen LogP contribution in [0.5, 0.6) is 0 Å². The zero-order valence-corrected chi connectivity index (χ0v) is 23.1. The summed E-state index contributed by atoms with van der Waals surface area (Å²) in [5.74, 6) is -0.918. The Kier molecular flexibility index (Phi) is 9.59. The molecular formula is C27H29Cl2N3O4S. The molecule has 0 aliphatic carbocycles. The van der Waals surface area contributed by atoms with Crippen LogP contribution < -0.4 is 9.62 Å². The predicted molar refractivity (Wildman–Crippen MR) is 148 cm³/mol. The number of hydrogen-bond donors (Lipinski definition) is 1. The van der Waals surface area contributed by atoms with Gasteiger partial charge in [0.2, 0.25) is 21.8 Å². The molecule has 0 saturated carbocycles. The van der Waals surface area contributed by atoms with Crippen molar-refractivity contribution in [2.24, 2.45) is 0 Å². The Labute approximate surface area is 228 Å². The zero-order chi connectivity index (χ0) is 27.2. The molecule has 0 heterocycles. The maximum Gasteiger partial charge on any atom is 0.244 e. The molecule has 37 heavy (non-hydrogen) atoms. The second kappa shape index (κ2) is 12.4. The molecule has 0 unspecified atom stereocenters. The summed E-state index contributed by atoms with van der Waals surface area (Å²) in [4.78, 5) is 28.4. The van der Waals surface area contributed by atoms with E-state index >= 15 is 0 Å². The molecule has 0 bridgehead atoms. The summed E-state index contributed by atoms with van der Waals surface area (Å²) in [5.41, 5.74) is 2.37. The lowest BCUT2D eigenvalue weighted by atomic mass is 10.0. The third-order valence-corrected chi connectivity index (χ3v) is 7.72. The van der Waals surface area contributed by atoms with E-state index in [0.29, 0.717) is 26.9 Å². The van der Waals surface area contributed by atoms with Crippen molar-refractivity contribution in [1.29, 1.82) is 0 Å². The van der Waals surface area contributed by atoms with Gasteiger partial charge >= 0.3 is 0 Å². The first kappa shape index (κ1) is 28.5. The van der Waals surface area contributed by atoms with E-state index in [4.69, 9.17) is 23.2 Å². The number of nitrogens with one attached hydrogen (secondary N) is 1. The largest absolute Gasteiger partial charge is 0.357 e. The molecule has 0 saturated heterocycles. The van der Waals surface area contributed by atoms with Gasteiger partial charge in [-0.2, -0.15) is 0 Å². The molecule has 3 aromatic rings. The summed E-state index contributed by atoms with van der Waals surface area (Å²) in [6, 6.07) is 20.3. The van der Waals surface area contributed by atoms with Gasteiger partial charge < -0.3 is 10.2 Å². The average Bonchev–Trinajstić information content (AvgIpc) is 2.86. The summed E-state index contributed by atoms with van der Waals surface area (Å²) in [7, 11) is -2.37. The fraction of sp³-hybridized carbons (Fsp3) is 0.259. The molecular weight excluding hydrogens is 533 g/mol. The lowest BCUT2D eigenvalue weighted by molar-refractivity contribution is -0.139. The first-order valence-electron chi connectivity index (χ1n) is 11.5. The van der Waals surface area contributed by atoms with Crippen LogP contribution in [0.3, 0.4) is 0 Å². The number of carbonyl (C=O) groups is 2. The zero-order valence-electron chi connectivity index (χ0n) is 20.8. The number of carbonyl (C=O) groups excluding carboxylic acids is 2. The summed E-state index contributed by atoms with van der Waals surface area (Å²) in [6.45, 7) is 1.23. The van der Waals surface area contributed by atoms with Crippen LogP contribution in [0.4, 0.5) is 5.69 Å². The van der Waals surface area contributed by atoms with E-state index in [2.05, 4.69) is 5.32 Å². The van der Waals surface area contributed by atoms with E-state index in [-0.39, 0.29) is 18.9 Å². The lowest BCUT2D eigenvalue weighted by Gasteiger charge is -2.33. The van der Waals surface area contributed by atoms with Crippen molar-refractivity contribution in [3.63, 3.8) is 0 Å². The highest BCUT2D eigenvalue weighted by Gasteiger charge is 2.33. The number of likely N-dealkylation sites (N-methyl/N-ethyl adjacent to an activating group) is 1. The van der Waals surface area contributed by atoms with Gasteiger partial charge in [0, 0.05) is 30.1 Å². The molecule has 10 heteroatoms. The average molecular weight is 563 g/mol. The molecule has 1 atom stereocenters. The van der Waals surface area contributed by atoms with Crippen molar-refractivity contribution in [2.45, 2.75) is 25.9 Å². The van der Waals surface area contributed by atoms with E-state index in [1.54, 1.807) is 49.4 Å². The molecule has 0 aliphatic rings. The Morgan fingerprint density at radius 3 is 2.22 bits per heavy atom. The van der Waals surface area contributed by atoms with Crippen molar-refractivity contribution in [3.8, 4) is 0 Å². The fourth-order valence-corrected chi connectivity index (χ4v) is 5.30. The number of anilines is 1. The van der Waals surface area contributed by atoms with Crippen molar-refractivity contribution >= 4 is 50.7 Å². The van der Waals surface area contributed by atoms with Crippen molar-refractivity contribution in [2.75, 3.05) is 24.2 Å². The molecule has 0 aliphatic heterocycles. The number of sulfonamides is 1. The van der Waals surface area contributed by atoms with Gasteiger partial charge in [-0.1, -0.05) is 71.7 Å². The molecule has 3 rings (SSSR count). The van der Waals surface area contributed by atoms with Crippen LogP contribution in [0.15, 0.2) is 72.8 Å². The Morgan fingerprint density at radius 1 is 0.946 bits per heavy atom. The molecule has 7 nitrogen and oxygen atoms in total. The molecule has 1 N–H and O–H groups in total. The van der Waals surface area contributed by atoms with Gasteiger partial charge in [0.05, 0.1) is 11.9 Å². The first-order chi connectivity index (χ1) is 17.5. The number of nitrogens with zero attached hydrogens (tertiary/aromatic N) is 2. The standard InChI is InChI=1S/C27H29Cl2N3O4S/c1-19-23(29)13-8-14-24(19)32(37(3,35)36)18-26(33)31(17-21-11-7-12-22(28)15-21)25(27(34)30-2)16-20-9-5-4-6-10-20/h4-15,25H,16-18H2,1-3H3,(H,30,34)/t25-/m0/s1. The van der Waals surface area contributed by atoms with Gasteiger partial charge in [0.25, 0.3) is 0 Å². The Balaban J connectivity index is 2.06. The minimum atomic E-state index is -3.87. The fourth-order valence-electron chi connectivity index (χ4n) is 4.01. The van der Waals surface area contributed by atoms with Crippen LogP contribution in [-0.2, 0) is 32.6 Å². The highest BCUT2D eigenvalue weighted by molar-refractivity contribution is 7.92. The van der Waals surface area contributed by atoms with Crippen LogP contribution in [0, 0.1) is 6.92 Å². The Bertz CT molecular complexity index is 1370. The topological polar surface area (TPSA) is 86.8 Å². The van der Waals surface area contributed by atoms with Gasteiger partial charge in [0.15, 0.2) is 0 Å². The molecule has 0 aromatic heterocycles. The summed E-state index contributed by atoms with van der Waals surface area (Å²) in [5, 5.41) is 3.50. The first-order valence-corrected chi connectivity index (χ1v) is 14.1. The van der Waals surface area contributed by atoms with E-state index < -0.39 is 28.5 Å². The van der Waals surface area contributed by atoms with E-state index in [0.717, 1.165) is 16.1 Å². The van der Waals surface area contributed by atoms with Crippen molar-refractivity contribution in [1.82, 2.24) is 10.2 Å². The van der Waals surface area contributed by atoms with Crippen LogP contribution >= 0.6 is 23.2 Å². The minimum absolute atomic E-state index is 0.0520. The number of amides is 2. The number of rotatable bonds is 10. The smallest absolute Gasteiger partial charge is 0.244 e. The Hall–Kier alpha value is -3.07. The monoisotopic (exact) mass is 561 g/mol. The van der Waals surface area contributed by atoms with Gasteiger partial charge in [0.1, 0.15) is 12.6 Å². The molecule has 2 amide bonds. The van der Waals surface area contributed by atoms with Gasteiger partial charge in [-0.05, 0) is 47.9 Å². The SMILES string of the molecule is CNC(=O)[C@H](Cc1ccccc1)N(Cc1cccc(Cl)c1)C(=O)CN(c1cccc(Cl)c1C)S(C)(=O)=O. The van der Waals surface area contributed by atoms with Crippen LogP contribution in [0.2, 0.25) is 10.0 Å². The Morgan fingerprint density at radius 2 is 1.59 bits per heavy atom. The van der Waals surface area contributed by atoms with E-state index in [9.17, 15) is 18.0 Å². The highest BCUT2D eigenvalue weighted by Crippen LogP contribution is 2.28. The van der Waals surface area contributed by atoms with Crippen LogP contribution in [-0.4, -0.2) is 51.0 Å². The van der Waals surface area contributed by atoms with E-state index in [1.165, 1.54) is 11.9 Å². The van der Waals surface area contributed by atoms with Crippen molar-refractivity contribution in [3.05, 3.63) is 99.5 Å². The van der Waals surface area contributed by atoms with Crippen LogP contribution in [0.1, 0.15) is 16.7 Å². The summed E-state index contributed by atoms with van der Waals surface area (Å²) < 4.78 is 26.7. The predicted octanol–water partition coefficient (Wildman–Crippen LogP) is 4.45. The number of halogens is 2. The normalized spacial score (nSPS) is 12.0. The van der Waals surface area contributed by atoms with Gasteiger partial charge in [-0.25, -0.2) is 8.42 Å². The third-order valence-electron chi connectivity index (χ3n) is 5.95. The van der Waals surface area contributed by atoms with Gasteiger partial charge in [-0.15, -0.1) is 0 Å². The van der Waals surface area contributed by atoms with E-state index in [1.807, 2.05) is 30.3 Å². The quantitative estimate of drug-likeness (QED) is 0.396. The summed E-state index contributed by atoms with van der Waals surface area (Å²) in [6.07, 6.45) is 1.27. The summed E-state index contributed by atoms with van der Waals surface area (Å²) >= 11 is 12.4. The third kappa shape index (κ3) is 7.47. The number of benzene rings is 3.